The highest BCUT2D eigenvalue weighted by Crippen LogP contribution is 2.46. The van der Waals surface area contributed by atoms with Gasteiger partial charge in [0, 0.05) is 34.1 Å². The monoisotopic (exact) mass is 918 g/mol. The molecule has 0 amide bonds. The normalized spacial score (nSPS) is 11.3. The maximum atomic E-state index is 11.6. The Hall–Kier alpha value is -9.40. The molecule has 0 fully saturated rings. The summed E-state index contributed by atoms with van der Waals surface area (Å²) in [5.74, 6) is -0.576. The zero-order valence-corrected chi connectivity index (χ0v) is 37.5. The van der Waals surface area contributed by atoms with E-state index in [2.05, 4.69) is 0 Å². The summed E-state index contributed by atoms with van der Waals surface area (Å²) in [6.07, 6.45) is 0. The number of benzene rings is 10. The van der Waals surface area contributed by atoms with Crippen LogP contribution in [0.15, 0.2) is 218 Å². The van der Waals surface area contributed by atoms with Gasteiger partial charge in [-0.3, -0.25) is 0 Å². The van der Waals surface area contributed by atoms with Crippen molar-refractivity contribution in [3.05, 3.63) is 252 Å². The minimum absolute atomic E-state index is 0.0375. The maximum absolute atomic E-state index is 11.6. The molecule has 10 aromatic carbocycles. The van der Waals surface area contributed by atoms with E-state index in [1.54, 1.807) is 121 Å². The first-order chi connectivity index (χ1) is 33.9. The molecule has 0 aliphatic carbocycles. The molecule has 0 bridgehead atoms. The van der Waals surface area contributed by atoms with Crippen LogP contribution in [0.1, 0.15) is 45.2 Å². The molecule has 10 rings (SSSR count). The molecule has 0 saturated heterocycles. The molecule has 0 saturated carbocycles. The number of hydrogen-bond acceptors (Lipinski definition) is 8. The van der Waals surface area contributed by atoms with Crippen LogP contribution in [-0.4, -0.2) is 40.9 Å². The predicted octanol–water partition coefficient (Wildman–Crippen LogP) is 14.0. The molecule has 0 atom stereocenters. The molecule has 0 aromatic heterocycles. The lowest BCUT2D eigenvalue weighted by Gasteiger charge is -2.23. The lowest BCUT2D eigenvalue weighted by Crippen LogP contribution is -2.06. The quantitative estimate of drug-likeness (QED) is 0.0595. The second kappa shape index (κ2) is 18.7. The molecule has 342 valence electrons. The van der Waals surface area contributed by atoms with Gasteiger partial charge in [-0.05, 0) is 164 Å². The molecule has 0 unspecified atom stereocenters. The van der Waals surface area contributed by atoms with E-state index >= 15 is 0 Å². The highest BCUT2D eigenvalue weighted by Gasteiger charge is 2.27. The van der Waals surface area contributed by atoms with Gasteiger partial charge in [-0.25, -0.2) is 0 Å². The van der Waals surface area contributed by atoms with Crippen LogP contribution < -0.4 is 0 Å². The van der Waals surface area contributed by atoms with Crippen molar-refractivity contribution in [1.29, 1.82) is 0 Å². The molecule has 0 aliphatic rings. The van der Waals surface area contributed by atoms with Crippen LogP contribution in [0.4, 0.5) is 0 Å². The Labute approximate surface area is 404 Å². The van der Waals surface area contributed by atoms with Gasteiger partial charge in [-0.15, -0.1) is 0 Å². The molecule has 0 radical (unpaired) electrons. The van der Waals surface area contributed by atoms with Crippen molar-refractivity contribution in [3.63, 3.8) is 0 Å². The van der Waals surface area contributed by atoms with Crippen LogP contribution in [0.5, 0.6) is 46.0 Å². The molecule has 8 nitrogen and oxygen atoms in total. The average molecular weight is 919 g/mol. The first kappa shape index (κ1) is 44.4. The van der Waals surface area contributed by atoms with Crippen molar-refractivity contribution in [1.82, 2.24) is 0 Å². The number of phenolic OH excluding ortho intramolecular Hbond substituents is 8. The third kappa shape index (κ3) is 9.05. The van der Waals surface area contributed by atoms with Gasteiger partial charge in [0.1, 0.15) is 46.0 Å². The summed E-state index contributed by atoms with van der Waals surface area (Å²) in [6, 6.07) is 64.7. The van der Waals surface area contributed by atoms with Crippen LogP contribution in [0, 0.1) is 0 Å². The predicted molar refractivity (Wildman–Crippen MR) is 275 cm³/mol. The van der Waals surface area contributed by atoms with E-state index < -0.39 is 11.8 Å². The fraction of sp³-hybridized carbons (Fsp3) is 0.0323. The van der Waals surface area contributed by atoms with E-state index in [-0.39, 0.29) is 46.0 Å². The van der Waals surface area contributed by atoms with Crippen molar-refractivity contribution in [2.75, 3.05) is 0 Å². The van der Waals surface area contributed by atoms with Gasteiger partial charge in [0.05, 0.1) is 0 Å². The van der Waals surface area contributed by atoms with E-state index in [4.69, 9.17) is 0 Å². The van der Waals surface area contributed by atoms with Gasteiger partial charge in [0.15, 0.2) is 0 Å². The maximum Gasteiger partial charge on any atom is 0.119 e. The Morgan fingerprint density at radius 2 is 0.357 bits per heavy atom. The van der Waals surface area contributed by atoms with E-state index in [0.717, 1.165) is 66.8 Å². The molecule has 10 aromatic rings. The zero-order valence-electron chi connectivity index (χ0n) is 37.5. The first-order valence-corrected chi connectivity index (χ1v) is 22.7. The molecular weight excluding hydrogens is 873 g/mol. The summed E-state index contributed by atoms with van der Waals surface area (Å²) in [4.78, 5) is 0. The van der Waals surface area contributed by atoms with Gasteiger partial charge in [-0.2, -0.15) is 0 Å². The van der Waals surface area contributed by atoms with E-state index in [1.807, 2.05) is 97.1 Å². The fourth-order valence-electron chi connectivity index (χ4n) is 9.27. The van der Waals surface area contributed by atoms with Gasteiger partial charge in [0.25, 0.3) is 0 Å². The van der Waals surface area contributed by atoms with E-state index in [1.165, 1.54) is 0 Å². The summed E-state index contributed by atoms with van der Waals surface area (Å²) in [5, 5.41) is 86.4. The molecule has 8 N–H and O–H groups in total. The first-order valence-electron chi connectivity index (χ1n) is 22.7. The van der Waals surface area contributed by atoms with Crippen molar-refractivity contribution in [3.8, 4) is 102 Å². The third-order valence-corrected chi connectivity index (χ3v) is 13.0. The second-order valence-corrected chi connectivity index (χ2v) is 17.4. The van der Waals surface area contributed by atoms with Crippen molar-refractivity contribution in [2.24, 2.45) is 0 Å². The number of phenols is 8. The highest BCUT2D eigenvalue weighted by molar-refractivity contribution is 5.74. The van der Waals surface area contributed by atoms with Crippen LogP contribution in [0.25, 0.3) is 55.6 Å². The minimum Gasteiger partial charge on any atom is -0.508 e. The van der Waals surface area contributed by atoms with Gasteiger partial charge < -0.3 is 40.9 Å². The van der Waals surface area contributed by atoms with Gasteiger partial charge in [0.2, 0.25) is 0 Å². The zero-order chi connectivity index (χ0) is 48.5. The summed E-state index contributed by atoms with van der Waals surface area (Å²) in [6.45, 7) is 0. The Kier molecular flexibility index (Phi) is 11.9. The molecule has 0 aliphatic heterocycles. The number of hydrogen-bond donors (Lipinski definition) is 8. The average Bonchev–Trinajstić information content (AvgIpc) is 3.38. The molecule has 0 spiro atoms. The number of rotatable bonds is 11. The highest BCUT2D eigenvalue weighted by atomic mass is 16.3. The smallest absolute Gasteiger partial charge is 0.119 e. The fourth-order valence-corrected chi connectivity index (χ4v) is 9.27. The SMILES string of the molecule is Oc1ccc(-c2ccc(O)c(C(c3ccc(-c4ccc(C(c5cc(-c6ccc(O)cc6)ccc5O)c5cc(-c6ccc(O)cc6)ccc5O)cc4)cc3)c3cc(-c4ccc(O)cc4)ccc3O)c2)cc1. The Balaban J connectivity index is 1.05. The minimum atomic E-state index is -0.638. The molecule has 70 heavy (non-hydrogen) atoms. The Bertz CT molecular complexity index is 3050. The Morgan fingerprint density at radius 1 is 0.186 bits per heavy atom. The number of aromatic hydroxyl groups is 8. The standard InChI is InChI=1S/C62H46O8/c63-49-21-9-39(10-22-49)45-17-29-57(67)53(33-45)61(54-34-46(18-30-58(54)68)40-11-23-50(64)24-12-40)43-5-1-37(2-6-43)38-3-7-44(8-4-38)62(55-35-47(19-31-59(55)69)41-13-25-51(65)26-14-41)56-36-48(20-32-60(56)70)42-15-27-52(66)28-16-42/h1-36,61-70H. The van der Waals surface area contributed by atoms with Crippen molar-refractivity contribution in [2.45, 2.75) is 11.8 Å². The molecule has 0 heterocycles. The van der Waals surface area contributed by atoms with Crippen LogP contribution in [0.3, 0.4) is 0 Å². The largest absolute Gasteiger partial charge is 0.508 e. The Morgan fingerprint density at radius 3 is 0.571 bits per heavy atom. The summed E-state index contributed by atoms with van der Waals surface area (Å²) < 4.78 is 0. The van der Waals surface area contributed by atoms with Crippen molar-refractivity contribution >= 4 is 0 Å². The lowest BCUT2D eigenvalue weighted by molar-refractivity contribution is 0.458. The third-order valence-electron chi connectivity index (χ3n) is 13.0. The van der Waals surface area contributed by atoms with Gasteiger partial charge in [-0.1, -0.05) is 121 Å². The summed E-state index contributed by atoms with van der Waals surface area (Å²) in [7, 11) is 0. The van der Waals surface area contributed by atoms with Crippen LogP contribution in [0.2, 0.25) is 0 Å². The second-order valence-electron chi connectivity index (χ2n) is 17.4. The van der Waals surface area contributed by atoms with Gasteiger partial charge >= 0.3 is 0 Å². The summed E-state index contributed by atoms with van der Waals surface area (Å²) in [5.41, 5.74) is 12.2. The van der Waals surface area contributed by atoms with E-state index in [0.29, 0.717) is 22.3 Å². The van der Waals surface area contributed by atoms with Crippen LogP contribution in [-0.2, 0) is 0 Å². The molecule has 8 heteroatoms. The van der Waals surface area contributed by atoms with Crippen molar-refractivity contribution < 1.29 is 40.9 Å². The molecular formula is C62H46O8. The van der Waals surface area contributed by atoms with E-state index in [9.17, 15) is 40.9 Å². The van der Waals surface area contributed by atoms with Crippen LogP contribution >= 0.6 is 0 Å². The topological polar surface area (TPSA) is 162 Å². The lowest BCUT2D eigenvalue weighted by atomic mass is 9.81. The summed E-state index contributed by atoms with van der Waals surface area (Å²) >= 11 is 0.